The first-order valence-electron chi connectivity index (χ1n) is 6.85. The molecule has 0 amide bonds. The minimum absolute atomic E-state index is 0.0514. The van der Waals surface area contributed by atoms with Crippen LogP contribution in [0.3, 0.4) is 0 Å². The van der Waals surface area contributed by atoms with Gasteiger partial charge in [0.1, 0.15) is 0 Å². The first-order chi connectivity index (χ1) is 8.44. The summed E-state index contributed by atoms with van der Waals surface area (Å²) in [6.45, 7) is 4.26. The number of aryl methyl sites for hydroxylation is 1. The molecule has 0 bridgehead atoms. The summed E-state index contributed by atoms with van der Waals surface area (Å²) in [6, 6.07) is 8.69. The molecule has 2 N–H and O–H groups in total. The van der Waals surface area contributed by atoms with Crippen LogP contribution in [0.5, 0.6) is 0 Å². The number of nitrogens with two attached hydrogens (primary N) is 1. The first kappa shape index (κ1) is 13.6. The van der Waals surface area contributed by atoms with Crippen LogP contribution in [0.4, 0.5) is 0 Å². The highest BCUT2D eigenvalue weighted by Crippen LogP contribution is 2.32. The van der Waals surface area contributed by atoms with E-state index in [0.29, 0.717) is 0 Å². The first-order valence-corrected chi connectivity index (χ1v) is 6.85. The van der Waals surface area contributed by atoms with Crippen LogP contribution in [-0.4, -0.2) is 18.2 Å². The van der Waals surface area contributed by atoms with E-state index in [-0.39, 0.29) is 11.1 Å². The van der Waals surface area contributed by atoms with Gasteiger partial charge in [-0.2, -0.15) is 0 Å². The molecule has 2 heteroatoms. The zero-order valence-corrected chi connectivity index (χ0v) is 11.8. The molecule has 1 aromatic rings. The monoisotopic (exact) mass is 247 g/mol. The molecular formula is C16H25NO. The van der Waals surface area contributed by atoms with Gasteiger partial charge in [0.05, 0.1) is 5.60 Å². The van der Waals surface area contributed by atoms with E-state index >= 15 is 0 Å². The molecule has 1 aromatic carbocycles. The Hall–Kier alpha value is -0.860. The lowest BCUT2D eigenvalue weighted by Gasteiger charge is -2.37. The predicted molar refractivity (Wildman–Crippen MR) is 75.7 cm³/mol. The highest BCUT2D eigenvalue weighted by atomic mass is 16.5. The van der Waals surface area contributed by atoms with Crippen molar-refractivity contribution < 1.29 is 4.74 Å². The number of rotatable bonds is 4. The molecule has 0 heterocycles. The summed E-state index contributed by atoms with van der Waals surface area (Å²) < 4.78 is 5.49. The van der Waals surface area contributed by atoms with Gasteiger partial charge >= 0.3 is 0 Å². The second kappa shape index (κ2) is 5.02. The average molecular weight is 247 g/mol. The third kappa shape index (κ3) is 3.12. The second-order valence-electron chi connectivity index (χ2n) is 6.27. The standard InChI is InChI=1S/C16H25NO/c1-15(2,18-3)10-11-16(17)9-8-13-6-4-5-7-14(13)12-16/h4-7H,8-12,17H2,1-3H3. The van der Waals surface area contributed by atoms with Crippen LogP contribution in [0.25, 0.3) is 0 Å². The Morgan fingerprint density at radius 2 is 1.94 bits per heavy atom. The van der Waals surface area contributed by atoms with Crippen molar-refractivity contribution in [1.29, 1.82) is 0 Å². The summed E-state index contributed by atoms with van der Waals surface area (Å²) >= 11 is 0. The molecule has 0 fully saturated rings. The van der Waals surface area contributed by atoms with Crippen molar-refractivity contribution in [2.24, 2.45) is 5.73 Å². The Morgan fingerprint density at radius 3 is 2.61 bits per heavy atom. The van der Waals surface area contributed by atoms with Crippen LogP contribution >= 0.6 is 0 Å². The van der Waals surface area contributed by atoms with Crippen molar-refractivity contribution in [1.82, 2.24) is 0 Å². The molecular weight excluding hydrogens is 222 g/mol. The van der Waals surface area contributed by atoms with Crippen LogP contribution < -0.4 is 5.73 Å². The van der Waals surface area contributed by atoms with E-state index < -0.39 is 0 Å². The van der Waals surface area contributed by atoms with Crippen molar-refractivity contribution >= 4 is 0 Å². The van der Waals surface area contributed by atoms with Crippen LogP contribution in [0, 0.1) is 0 Å². The molecule has 0 aliphatic heterocycles. The van der Waals surface area contributed by atoms with Gasteiger partial charge < -0.3 is 10.5 Å². The smallest absolute Gasteiger partial charge is 0.0623 e. The van der Waals surface area contributed by atoms with Gasteiger partial charge in [-0.05, 0) is 57.1 Å². The Bertz CT molecular complexity index is 413. The van der Waals surface area contributed by atoms with E-state index in [1.165, 1.54) is 11.1 Å². The Labute approximate surface area is 111 Å². The Morgan fingerprint density at radius 1 is 1.28 bits per heavy atom. The zero-order valence-electron chi connectivity index (χ0n) is 11.8. The van der Waals surface area contributed by atoms with Crippen molar-refractivity contribution in [3.05, 3.63) is 35.4 Å². The fourth-order valence-corrected chi connectivity index (χ4v) is 2.69. The van der Waals surface area contributed by atoms with Gasteiger partial charge in [0.15, 0.2) is 0 Å². The minimum Gasteiger partial charge on any atom is -0.379 e. The number of hydrogen-bond donors (Lipinski definition) is 1. The quantitative estimate of drug-likeness (QED) is 0.887. The number of hydrogen-bond acceptors (Lipinski definition) is 2. The molecule has 1 unspecified atom stereocenters. The average Bonchev–Trinajstić information content (AvgIpc) is 2.37. The van der Waals surface area contributed by atoms with Gasteiger partial charge in [-0.3, -0.25) is 0 Å². The molecule has 0 radical (unpaired) electrons. The zero-order chi connectivity index (χ0) is 13.2. The van der Waals surface area contributed by atoms with Gasteiger partial charge in [0.2, 0.25) is 0 Å². The maximum atomic E-state index is 6.58. The molecule has 0 spiro atoms. The summed E-state index contributed by atoms with van der Waals surface area (Å²) in [5.41, 5.74) is 9.37. The van der Waals surface area contributed by atoms with Gasteiger partial charge in [-0.15, -0.1) is 0 Å². The summed E-state index contributed by atoms with van der Waals surface area (Å²) in [5, 5.41) is 0. The minimum atomic E-state index is -0.0661. The lowest BCUT2D eigenvalue weighted by molar-refractivity contribution is 0.00820. The number of fused-ring (bicyclic) bond motifs is 1. The van der Waals surface area contributed by atoms with Crippen LogP contribution in [0.1, 0.15) is 44.2 Å². The van der Waals surface area contributed by atoms with Gasteiger partial charge in [-0.1, -0.05) is 24.3 Å². The molecule has 0 saturated carbocycles. The maximum Gasteiger partial charge on any atom is 0.0623 e. The van der Waals surface area contributed by atoms with E-state index in [4.69, 9.17) is 10.5 Å². The fraction of sp³-hybridized carbons (Fsp3) is 0.625. The van der Waals surface area contributed by atoms with Crippen molar-refractivity contribution in [3.63, 3.8) is 0 Å². The van der Waals surface area contributed by atoms with Crippen LogP contribution in [0.2, 0.25) is 0 Å². The molecule has 2 nitrogen and oxygen atoms in total. The number of benzene rings is 1. The molecule has 0 aromatic heterocycles. The van der Waals surface area contributed by atoms with Crippen LogP contribution in [0.15, 0.2) is 24.3 Å². The summed E-state index contributed by atoms with van der Waals surface area (Å²) in [6.07, 6.45) is 5.25. The lowest BCUT2D eigenvalue weighted by Crippen LogP contribution is -2.46. The maximum absolute atomic E-state index is 6.58. The largest absolute Gasteiger partial charge is 0.379 e. The van der Waals surface area contributed by atoms with Gasteiger partial charge in [0.25, 0.3) is 0 Å². The van der Waals surface area contributed by atoms with Crippen LogP contribution in [-0.2, 0) is 17.6 Å². The van der Waals surface area contributed by atoms with Gasteiger partial charge in [-0.25, -0.2) is 0 Å². The lowest BCUT2D eigenvalue weighted by atomic mass is 9.75. The van der Waals surface area contributed by atoms with E-state index in [9.17, 15) is 0 Å². The highest BCUT2D eigenvalue weighted by Gasteiger charge is 2.32. The van der Waals surface area contributed by atoms with E-state index in [1.807, 2.05) is 0 Å². The third-order valence-corrected chi connectivity index (χ3v) is 4.33. The molecule has 1 aliphatic rings. The second-order valence-corrected chi connectivity index (χ2v) is 6.27. The molecule has 18 heavy (non-hydrogen) atoms. The summed E-state index contributed by atoms with van der Waals surface area (Å²) in [4.78, 5) is 0. The molecule has 100 valence electrons. The van der Waals surface area contributed by atoms with E-state index in [0.717, 1.165) is 32.1 Å². The predicted octanol–water partition coefficient (Wildman–Crippen LogP) is 3.08. The SMILES string of the molecule is COC(C)(C)CCC1(N)CCc2ccccc2C1. The number of methoxy groups -OCH3 is 1. The topological polar surface area (TPSA) is 35.2 Å². The highest BCUT2D eigenvalue weighted by molar-refractivity contribution is 5.32. The Balaban J connectivity index is 2.02. The van der Waals surface area contributed by atoms with E-state index in [2.05, 4.69) is 38.1 Å². The molecule has 2 rings (SSSR count). The summed E-state index contributed by atoms with van der Waals surface area (Å²) in [5.74, 6) is 0. The fourth-order valence-electron chi connectivity index (χ4n) is 2.69. The van der Waals surface area contributed by atoms with Crippen molar-refractivity contribution in [2.45, 2.75) is 57.1 Å². The Kier molecular flexibility index (Phi) is 3.79. The van der Waals surface area contributed by atoms with Gasteiger partial charge in [0, 0.05) is 12.6 Å². The number of ether oxygens (including phenoxy) is 1. The van der Waals surface area contributed by atoms with E-state index in [1.54, 1.807) is 7.11 Å². The van der Waals surface area contributed by atoms with Crippen molar-refractivity contribution in [3.8, 4) is 0 Å². The molecule has 1 aliphatic carbocycles. The normalized spacial score (nSPS) is 23.8. The summed E-state index contributed by atoms with van der Waals surface area (Å²) in [7, 11) is 1.78. The van der Waals surface area contributed by atoms with Crippen molar-refractivity contribution in [2.75, 3.05) is 7.11 Å². The third-order valence-electron chi connectivity index (χ3n) is 4.33. The molecule has 0 saturated heterocycles. The molecule has 1 atom stereocenters.